The number of fused-ring (bicyclic) bond motifs is 2. The highest BCUT2D eigenvalue weighted by atomic mass is 16.6. The summed E-state index contributed by atoms with van der Waals surface area (Å²) in [6.07, 6.45) is 3.47. The molecule has 0 atom stereocenters. The lowest BCUT2D eigenvalue weighted by atomic mass is 9.84. The fourth-order valence-electron chi connectivity index (χ4n) is 2.71. The van der Waals surface area contributed by atoms with Gasteiger partial charge >= 0.3 is 5.97 Å². The van der Waals surface area contributed by atoms with Gasteiger partial charge in [0.15, 0.2) is 5.69 Å². The molecule has 2 aliphatic rings. The van der Waals surface area contributed by atoms with Gasteiger partial charge < -0.3 is 9.64 Å². The molecule has 90 valence electrons. The predicted molar refractivity (Wildman–Crippen MR) is 62.8 cm³/mol. The van der Waals surface area contributed by atoms with Crippen molar-refractivity contribution in [3.63, 3.8) is 0 Å². The summed E-state index contributed by atoms with van der Waals surface area (Å²) in [6.45, 7) is 3.92. The van der Waals surface area contributed by atoms with Crippen LogP contribution < -0.4 is 0 Å². The third kappa shape index (κ3) is 1.55. The molecule has 0 radical (unpaired) electrons. The van der Waals surface area contributed by atoms with Gasteiger partial charge in [0.1, 0.15) is 5.60 Å². The topological polar surface area (TPSA) is 42.4 Å². The Hall–Kier alpha value is -1.42. The number of aromatic nitrogens is 1. The Bertz CT molecular complexity index is 476. The largest absolute Gasteiger partial charge is 0.449 e. The van der Waals surface area contributed by atoms with Crippen molar-refractivity contribution in [2.24, 2.45) is 0 Å². The Morgan fingerprint density at radius 2 is 2.12 bits per heavy atom. The minimum absolute atomic E-state index is 0.260. The van der Waals surface area contributed by atoms with Crippen molar-refractivity contribution < 1.29 is 9.53 Å². The molecule has 0 unspecified atom stereocenters. The highest BCUT2D eigenvalue weighted by Gasteiger charge is 2.47. The Morgan fingerprint density at radius 1 is 1.41 bits per heavy atom. The summed E-state index contributed by atoms with van der Waals surface area (Å²) in [7, 11) is 2.10. The number of esters is 1. The lowest BCUT2D eigenvalue weighted by molar-refractivity contribution is -0.0395. The fraction of sp³-hybridized carbons (Fsp3) is 0.538. The second-order valence-electron chi connectivity index (χ2n) is 5.10. The molecule has 0 N–H and O–H groups in total. The number of pyridine rings is 1. The smallest absolute Gasteiger partial charge is 0.358 e. The Morgan fingerprint density at radius 3 is 2.82 bits per heavy atom. The SMILES string of the molecule is Cc1cnc2c(c1)C1(CCN(C)CC1)OC2=O. The molecular weight excluding hydrogens is 216 g/mol. The molecule has 0 aliphatic carbocycles. The first-order valence-corrected chi connectivity index (χ1v) is 6.00. The normalized spacial score (nSPS) is 22.6. The summed E-state index contributed by atoms with van der Waals surface area (Å²) in [5, 5.41) is 0. The summed E-state index contributed by atoms with van der Waals surface area (Å²) in [5.41, 5.74) is 2.19. The molecule has 17 heavy (non-hydrogen) atoms. The van der Waals surface area contributed by atoms with E-state index in [1.807, 2.05) is 6.92 Å². The molecule has 3 rings (SSSR count). The quantitative estimate of drug-likeness (QED) is 0.635. The molecule has 0 amide bonds. The molecule has 1 fully saturated rings. The van der Waals surface area contributed by atoms with Crippen LogP contribution in [-0.2, 0) is 10.3 Å². The second-order valence-corrected chi connectivity index (χ2v) is 5.10. The zero-order chi connectivity index (χ0) is 12.0. The molecule has 4 nitrogen and oxygen atoms in total. The molecule has 1 aromatic rings. The van der Waals surface area contributed by atoms with E-state index in [0.717, 1.165) is 37.1 Å². The molecule has 2 aliphatic heterocycles. The van der Waals surface area contributed by atoms with Crippen LogP contribution in [0.15, 0.2) is 12.3 Å². The van der Waals surface area contributed by atoms with Gasteiger partial charge in [0.05, 0.1) is 0 Å². The van der Waals surface area contributed by atoms with Gasteiger partial charge in [-0.15, -0.1) is 0 Å². The lowest BCUT2D eigenvalue weighted by Gasteiger charge is -2.36. The number of hydrogen-bond acceptors (Lipinski definition) is 4. The molecular formula is C13H16N2O2. The lowest BCUT2D eigenvalue weighted by Crippen LogP contribution is -2.41. The van der Waals surface area contributed by atoms with Gasteiger partial charge in [0.25, 0.3) is 0 Å². The first-order valence-electron chi connectivity index (χ1n) is 6.00. The van der Waals surface area contributed by atoms with Crippen molar-refractivity contribution in [1.29, 1.82) is 0 Å². The number of piperidine rings is 1. The number of hydrogen-bond donors (Lipinski definition) is 0. The van der Waals surface area contributed by atoms with Gasteiger partial charge in [-0.05, 0) is 25.6 Å². The van der Waals surface area contributed by atoms with E-state index in [-0.39, 0.29) is 5.97 Å². The molecule has 0 saturated carbocycles. The molecule has 0 bridgehead atoms. The summed E-state index contributed by atoms with van der Waals surface area (Å²) in [4.78, 5) is 18.3. The molecule has 1 spiro atoms. The zero-order valence-electron chi connectivity index (χ0n) is 10.2. The van der Waals surface area contributed by atoms with Crippen molar-refractivity contribution in [3.05, 3.63) is 29.1 Å². The second kappa shape index (κ2) is 3.53. The summed E-state index contributed by atoms with van der Waals surface area (Å²) >= 11 is 0. The molecule has 0 aromatic carbocycles. The molecule has 3 heterocycles. The summed E-state index contributed by atoms with van der Waals surface area (Å²) in [6, 6.07) is 2.05. The molecule has 1 saturated heterocycles. The van der Waals surface area contributed by atoms with E-state index in [0.29, 0.717) is 5.69 Å². The van der Waals surface area contributed by atoms with Crippen molar-refractivity contribution in [2.45, 2.75) is 25.4 Å². The maximum atomic E-state index is 11.8. The van der Waals surface area contributed by atoms with Crippen molar-refractivity contribution in [2.75, 3.05) is 20.1 Å². The van der Waals surface area contributed by atoms with Gasteiger partial charge in [-0.25, -0.2) is 9.78 Å². The van der Waals surface area contributed by atoms with Crippen LogP contribution >= 0.6 is 0 Å². The average Bonchev–Trinajstić information content (AvgIpc) is 2.57. The van der Waals surface area contributed by atoms with Gasteiger partial charge in [-0.2, -0.15) is 0 Å². The number of nitrogens with zero attached hydrogens (tertiary/aromatic N) is 2. The zero-order valence-corrected chi connectivity index (χ0v) is 10.2. The Labute approximate surface area is 101 Å². The Balaban J connectivity index is 2.05. The molecule has 1 aromatic heterocycles. The van der Waals surface area contributed by atoms with Gasteiger partial charge in [-0.1, -0.05) is 0 Å². The summed E-state index contributed by atoms with van der Waals surface area (Å²) in [5.74, 6) is -0.260. The maximum absolute atomic E-state index is 11.8. The van der Waals surface area contributed by atoms with Gasteiger partial charge in [-0.3, -0.25) is 0 Å². The Kier molecular flexibility index (Phi) is 2.23. The summed E-state index contributed by atoms with van der Waals surface area (Å²) < 4.78 is 5.64. The van der Waals surface area contributed by atoms with E-state index in [1.165, 1.54) is 0 Å². The first-order chi connectivity index (χ1) is 8.11. The van der Waals surface area contributed by atoms with Crippen LogP contribution in [0.4, 0.5) is 0 Å². The maximum Gasteiger partial charge on any atom is 0.358 e. The van der Waals surface area contributed by atoms with Crippen LogP contribution in [0, 0.1) is 6.92 Å². The van der Waals surface area contributed by atoms with Crippen LogP contribution in [0.2, 0.25) is 0 Å². The van der Waals surface area contributed by atoms with Crippen molar-refractivity contribution >= 4 is 5.97 Å². The van der Waals surface area contributed by atoms with Crippen LogP contribution in [-0.4, -0.2) is 36.0 Å². The third-order valence-electron chi connectivity index (χ3n) is 3.79. The van der Waals surface area contributed by atoms with E-state index in [2.05, 4.69) is 23.0 Å². The van der Waals surface area contributed by atoms with Crippen molar-refractivity contribution in [1.82, 2.24) is 9.88 Å². The standard InChI is InChI=1S/C13H16N2O2/c1-9-7-10-11(14-8-9)12(16)17-13(10)3-5-15(2)6-4-13/h7-8H,3-6H2,1-2H3. The minimum atomic E-state index is -0.405. The van der Waals surface area contributed by atoms with Crippen LogP contribution in [0.5, 0.6) is 0 Å². The van der Waals surface area contributed by atoms with Gasteiger partial charge in [0.2, 0.25) is 0 Å². The number of likely N-dealkylation sites (tertiary alicyclic amines) is 1. The van der Waals surface area contributed by atoms with Crippen LogP contribution in [0.1, 0.15) is 34.5 Å². The number of ether oxygens (including phenoxy) is 1. The first kappa shape index (κ1) is 10.7. The number of carbonyl (C=O) groups excluding carboxylic acids is 1. The van der Waals surface area contributed by atoms with E-state index < -0.39 is 5.60 Å². The van der Waals surface area contributed by atoms with Gasteiger partial charge in [0, 0.05) is 37.7 Å². The predicted octanol–water partition coefficient (Wildman–Crippen LogP) is 1.48. The third-order valence-corrected chi connectivity index (χ3v) is 3.79. The van der Waals surface area contributed by atoms with Crippen LogP contribution in [0.25, 0.3) is 0 Å². The number of rotatable bonds is 0. The average molecular weight is 232 g/mol. The number of carbonyl (C=O) groups is 1. The van der Waals surface area contributed by atoms with E-state index in [4.69, 9.17) is 4.74 Å². The van der Waals surface area contributed by atoms with E-state index in [9.17, 15) is 4.79 Å². The highest BCUT2D eigenvalue weighted by molar-refractivity contribution is 5.92. The van der Waals surface area contributed by atoms with E-state index >= 15 is 0 Å². The minimum Gasteiger partial charge on any atom is -0.449 e. The van der Waals surface area contributed by atoms with Crippen LogP contribution in [0.3, 0.4) is 0 Å². The fourth-order valence-corrected chi connectivity index (χ4v) is 2.71. The highest BCUT2D eigenvalue weighted by Crippen LogP contribution is 2.43. The monoisotopic (exact) mass is 232 g/mol. The van der Waals surface area contributed by atoms with Crippen molar-refractivity contribution in [3.8, 4) is 0 Å². The molecule has 4 heteroatoms. The van der Waals surface area contributed by atoms with E-state index in [1.54, 1.807) is 6.20 Å². The number of aryl methyl sites for hydroxylation is 1.